The third-order valence-electron chi connectivity index (χ3n) is 7.57. The number of nitrogens with one attached hydrogen (secondary N) is 2. The number of aromatic nitrogens is 2. The van der Waals surface area contributed by atoms with E-state index in [1.807, 2.05) is 62.4 Å². The topological polar surface area (TPSA) is 174 Å². The standard InChI is InChI=1S/C31H36N8O7/c1-20-25-15-16-28(40)37(30(25)33-21(2)32-20)19-23-11-13-24(14-12-23)26-9-5-6-10-27(26)29-34-36-38(35-29)22(3)46-31(41)44-17-7-4-8-18-45-39(42)43/h5-6,9-14,22,36H,4,7-8,15-19H2,1-3H3,(H,34,35). The number of amidine groups is 1. The highest BCUT2D eigenvalue weighted by Gasteiger charge is 2.28. The van der Waals surface area contributed by atoms with Gasteiger partial charge in [0, 0.05) is 23.2 Å². The van der Waals surface area contributed by atoms with Gasteiger partial charge in [-0.15, -0.1) is 15.2 Å². The summed E-state index contributed by atoms with van der Waals surface area (Å²) < 4.78 is 10.4. The normalized spacial score (nSPS) is 14.9. The van der Waals surface area contributed by atoms with E-state index in [2.05, 4.69) is 30.9 Å². The molecule has 0 saturated heterocycles. The molecule has 3 aromatic rings. The molecule has 3 heterocycles. The Hall–Kier alpha value is -5.31. The first kappa shape index (κ1) is 32.1. The van der Waals surface area contributed by atoms with Crippen LogP contribution < -0.4 is 15.9 Å². The molecule has 1 amide bonds. The second-order valence-corrected chi connectivity index (χ2v) is 10.9. The van der Waals surface area contributed by atoms with Crippen LogP contribution in [0.2, 0.25) is 0 Å². The largest absolute Gasteiger partial charge is 0.509 e. The van der Waals surface area contributed by atoms with Crippen LogP contribution in [0.5, 0.6) is 0 Å². The molecule has 15 nitrogen and oxygen atoms in total. The molecule has 2 N–H and O–H groups in total. The summed E-state index contributed by atoms with van der Waals surface area (Å²) in [5.41, 5.74) is 11.6. The number of amides is 1. The zero-order valence-electron chi connectivity index (χ0n) is 25.9. The number of nitrogens with zero attached hydrogens (tertiary/aromatic N) is 6. The number of anilines is 1. The summed E-state index contributed by atoms with van der Waals surface area (Å²) >= 11 is 0. The van der Waals surface area contributed by atoms with Gasteiger partial charge in [-0.3, -0.25) is 15.1 Å². The minimum atomic E-state index is -0.848. The number of ether oxygens (including phenoxy) is 2. The smallest absolute Gasteiger partial charge is 0.434 e. The van der Waals surface area contributed by atoms with Crippen molar-refractivity contribution in [1.82, 2.24) is 26.0 Å². The van der Waals surface area contributed by atoms with Crippen molar-refractivity contribution < 1.29 is 29.0 Å². The average Bonchev–Trinajstić information content (AvgIpc) is 3.53. The highest BCUT2D eigenvalue weighted by atomic mass is 16.9. The first-order valence-electron chi connectivity index (χ1n) is 15.0. The highest BCUT2D eigenvalue weighted by Crippen LogP contribution is 2.30. The Kier molecular flexibility index (Phi) is 10.2. The maximum atomic E-state index is 12.9. The van der Waals surface area contributed by atoms with Crippen LogP contribution in [0.15, 0.2) is 53.6 Å². The monoisotopic (exact) mass is 632 g/mol. The van der Waals surface area contributed by atoms with Gasteiger partial charge in [-0.25, -0.2) is 20.3 Å². The Labute approximate surface area is 265 Å². The van der Waals surface area contributed by atoms with Crippen molar-refractivity contribution >= 4 is 23.7 Å². The zero-order valence-corrected chi connectivity index (χ0v) is 25.9. The maximum Gasteiger partial charge on any atom is 0.509 e. The Bertz CT molecular complexity index is 1610. The second-order valence-electron chi connectivity index (χ2n) is 10.9. The van der Waals surface area contributed by atoms with Crippen molar-refractivity contribution in [3.8, 4) is 11.1 Å². The van der Waals surface area contributed by atoms with Crippen LogP contribution in [0.4, 0.5) is 10.6 Å². The molecule has 1 atom stereocenters. The van der Waals surface area contributed by atoms with Crippen LogP contribution in [0.25, 0.3) is 11.1 Å². The summed E-state index contributed by atoms with van der Waals surface area (Å²) in [7, 11) is 0. The third kappa shape index (κ3) is 7.85. The van der Waals surface area contributed by atoms with Gasteiger partial charge < -0.3 is 14.3 Å². The Morgan fingerprint density at radius 1 is 1.02 bits per heavy atom. The molecule has 2 aliphatic heterocycles. The number of rotatable bonds is 13. The van der Waals surface area contributed by atoms with Gasteiger partial charge in [0.15, 0.2) is 12.1 Å². The lowest BCUT2D eigenvalue weighted by Gasteiger charge is -2.29. The number of benzene rings is 2. The van der Waals surface area contributed by atoms with Gasteiger partial charge in [0.05, 0.1) is 19.8 Å². The van der Waals surface area contributed by atoms with Crippen LogP contribution in [0.3, 0.4) is 0 Å². The number of hydrazone groups is 1. The number of unbranched alkanes of at least 4 members (excludes halogenated alkanes) is 2. The third-order valence-corrected chi connectivity index (χ3v) is 7.57. The van der Waals surface area contributed by atoms with Crippen molar-refractivity contribution in [2.45, 2.75) is 65.6 Å². The number of aryl methyl sites for hydroxylation is 2. The predicted octanol–water partition coefficient (Wildman–Crippen LogP) is 4.10. The fourth-order valence-corrected chi connectivity index (χ4v) is 5.26. The van der Waals surface area contributed by atoms with Crippen molar-refractivity contribution in [3.05, 3.63) is 86.9 Å². The molecule has 0 radical (unpaired) electrons. The first-order valence-corrected chi connectivity index (χ1v) is 15.0. The molecule has 0 spiro atoms. The molecule has 2 aromatic carbocycles. The van der Waals surface area contributed by atoms with Gasteiger partial charge >= 0.3 is 6.16 Å². The second kappa shape index (κ2) is 14.6. The summed E-state index contributed by atoms with van der Waals surface area (Å²) in [6.45, 7) is 5.99. The van der Waals surface area contributed by atoms with Crippen molar-refractivity contribution in [1.29, 1.82) is 0 Å². The predicted molar refractivity (Wildman–Crippen MR) is 166 cm³/mol. The molecule has 0 fully saturated rings. The van der Waals surface area contributed by atoms with Crippen LogP contribution >= 0.6 is 0 Å². The number of hydrogen-bond acceptors (Lipinski definition) is 13. The zero-order chi connectivity index (χ0) is 32.6. The van der Waals surface area contributed by atoms with Crippen molar-refractivity contribution in [2.75, 3.05) is 18.1 Å². The average molecular weight is 633 g/mol. The molecule has 0 saturated carbocycles. The van der Waals surface area contributed by atoms with E-state index >= 15 is 0 Å². The van der Waals surface area contributed by atoms with Crippen molar-refractivity contribution in [2.24, 2.45) is 5.10 Å². The molecule has 2 aliphatic rings. The minimum Gasteiger partial charge on any atom is -0.434 e. The fourth-order valence-electron chi connectivity index (χ4n) is 5.26. The molecule has 242 valence electrons. The van der Waals surface area contributed by atoms with Gasteiger partial charge in [0.1, 0.15) is 11.6 Å². The molecular weight excluding hydrogens is 596 g/mol. The summed E-state index contributed by atoms with van der Waals surface area (Å²) in [6, 6.07) is 15.8. The SMILES string of the molecule is Cc1nc(C)c2c(n1)N(Cc1ccc(-c3ccccc3C3=NNN(C(C)OC(=O)OCCCCCO[N+](=O)[O-])N3)cc1)C(=O)CC2. The van der Waals surface area contributed by atoms with Crippen LogP contribution in [-0.2, 0) is 32.1 Å². The molecule has 1 unspecified atom stereocenters. The Morgan fingerprint density at radius 3 is 2.52 bits per heavy atom. The minimum absolute atomic E-state index is 0.00356. The Morgan fingerprint density at radius 2 is 1.76 bits per heavy atom. The lowest BCUT2D eigenvalue weighted by Crippen LogP contribution is -2.49. The van der Waals surface area contributed by atoms with Gasteiger partial charge in [-0.1, -0.05) is 53.6 Å². The molecular formula is C31H36N8O7. The van der Waals surface area contributed by atoms with Gasteiger partial charge in [-0.2, -0.15) is 0 Å². The lowest BCUT2D eigenvalue weighted by atomic mass is 9.97. The van der Waals surface area contributed by atoms with Crippen molar-refractivity contribution in [3.63, 3.8) is 0 Å². The molecule has 5 rings (SSSR count). The molecule has 0 bridgehead atoms. The van der Waals surface area contributed by atoms with E-state index in [0.717, 1.165) is 33.5 Å². The van der Waals surface area contributed by atoms with Crippen LogP contribution in [0, 0.1) is 24.0 Å². The van der Waals surface area contributed by atoms with Gasteiger partial charge in [0.25, 0.3) is 5.09 Å². The van der Waals surface area contributed by atoms with E-state index in [-0.39, 0.29) is 19.1 Å². The molecule has 1 aromatic heterocycles. The molecule has 46 heavy (non-hydrogen) atoms. The number of carbonyl (C=O) groups is 2. The van der Waals surface area contributed by atoms with E-state index in [4.69, 9.17) is 9.47 Å². The summed E-state index contributed by atoms with van der Waals surface area (Å²) in [5.74, 6) is 1.92. The van der Waals surface area contributed by atoms with Gasteiger partial charge in [0.2, 0.25) is 5.91 Å². The van der Waals surface area contributed by atoms with Crippen LogP contribution in [0.1, 0.15) is 60.8 Å². The summed E-state index contributed by atoms with van der Waals surface area (Å²) in [4.78, 5) is 50.2. The number of carbonyl (C=O) groups excluding carboxylic acids is 2. The Balaban J connectivity index is 1.17. The van der Waals surface area contributed by atoms with E-state index in [1.165, 1.54) is 5.12 Å². The molecule has 0 aliphatic carbocycles. The molecule has 15 heteroatoms. The lowest BCUT2D eigenvalue weighted by molar-refractivity contribution is -0.757. The number of hydrazine groups is 2. The maximum absolute atomic E-state index is 12.9. The fraction of sp³-hybridized carbons (Fsp3) is 0.387. The summed E-state index contributed by atoms with van der Waals surface area (Å²) in [6.07, 6.45) is 1.07. The highest BCUT2D eigenvalue weighted by molar-refractivity contribution is 6.04. The van der Waals surface area contributed by atoms with Crippen LogP contribution in [-0.4, -0.2) is 57.5 Å². The van der Waals surface area contributed by atoms with E-state index in [9.17, 15) is 19.7 Å². The number of fused-ring (bicyclic) bond motifs is 1. The van der Waals surface area contributed by atoms with E-state index in [0.29, 0.717) is 56.1 Å². The first-order chi connectivity index (χ1) is 22.2. The quantitative estimate of drug-likeness (QED) is 0.120. The van der Waals surface area contributed by atoms with E-state index in [1.54, 1.807) is 11.8 Å². The number of hydrogen-bond donors (Lipinski definition) is 2. The van der Waals surface area contributed by atoms with Gasteiger partial charge in [-0.05, 0) is 63.1 Å². The summed E-state index contributed by atoms with van der Waals surface area (Å²) in [5, 5.41) is 15.1. The van der Waals surface area contributed by atoms with E-state index < -0.39 is 17.5 Å².